The van der Waals surface area contributed by atoms with Crippen LogP contribution in [0.1, 0.15) is 0 Å². The molecule has 54 valence electrons. The highest BCUT2D eigenvalue weighted by Gasteiger charge is 2.44. The Hall–Kier alpha value is -0.220. The van der Waals surface area contributed by atoms with E-state index in [4.69, 9.17) is 0 Å². The van der Waals surface area contributed by atoms with Crippen molar-refractivity contribution < 1.29 is 13.5 Å². The number of likely N-dealkylation sites (N-methyl/N-ethyl adjacent to an activating group) is 1. The fourth-order valence-corrected chi connectivity index (χ4v) is 0.830. The van der Waals surface area contributed by atoms with Gasteiger partial charge in [-0.05, 0) is 7.05 Å². The molecule has 0 radical (unpaired) electrons. The van der Waals surface area contributed by atoms with Crippen molar-refractivity contribution in [3.8, 4) is 0 Å². The number of halogens is 2. The SMILES string of the molecule is CNC1COCC1(F)F. The van der Waals surface area contributed by atoms with Crippen LogP contribution in [0, 0.1) is 0 Å². The first-order chi connectivity index (χ1) is 4.17. The highest BCUT2D eigenvalue weighted by molar-refractivity contribution is 4.86. The van der Waals surface area contributed by atoms with Crippen molar-refractivity contribution in [3.63, 3.8) is 0 Å². The van der Waals surface area contributed by atoms with Crippen LogP contribution in [0.4, 0.5) is 8.78 Å². The van der Waals surface area contributed by atoms with Gasteiger partial charge in [-0.1, -0.05) is 0 Å². The van der Waals surface area contributed by atoms with Crippen LogP contribution in [0.25, 0.3) is 0 Å². The third-order valence-electron chi connectivity index (χ3n) is 1.44. The molecule has 0 bridgehead atoms. The van der Waals surface area contributed by atoms with Crippen LogP contribution in [0.3, 0.4) is 0 Å². The summed E-state index contributed by atoms with van der Waals surface area (Å²) < 4.78 is 29.4. The van der Waals surface area contributed by atoms with Crippen LogP contribution in [0.5, 0.6) is 0 Å². The second kappa shape index (κ2) is 2.19. The number of hydrogen-bond acceptors (Lipinski definition) is 2. The van der Waals surface area contributed by atoms with Crippen molar-refractivity contribution >= 4 is 0 Å². The molecular weight excluding hydrogens is 128 g/mol. The fraction of sp³-hybridized carbons (Fsp3) is 1.00. The molecule has 1 fully saturated rings. The molecule has 4 heteroatoms. The lowest BCUT2D eigenvalue weighted by Crippen LogP contribution is -2.41. The van der Waals surface area contributed by atoms with E-state index in [1.807, 2.05) is 0 Å². The predicted octanol–water partition coefficient (Wildman–Crippen LogP) is 0.240. The number of alkyl halides is 2. The van der Waals surface area contributed by atoms with E-state index in [0.717, 1.165) is 0 Å². The minimum atomic E-state index is -2.67. The van der Waals surface area contributed by atoms with E-state index < -0.39 is 18.6 Å². The van der Waals surface area contributed by atoms with Crippen LogP contribution in [0.15, 0.2) is 0 Å². The zero-order valence-electron chi connectivity index (χ0n) is 5.16. The van der Waals surface area contributed by atoms with Crippen LogP contribution < -0.4 is 5.32 Å². The first-order valence-electron chi connectivity index (χ1n) is 2.79. The van der Waals surface area contributed by atoms with Crippen molar-refractivity contribution in [1.29, 1.82) is 0 Å². The maximum absolute atomic E-state index is 12.4. The third kappa shape index (κ3) is 1.19. The van der Waals surface area contributed by atoms with Gasteiger partial charge in [0.2, 0.25) is 0 Å². The van der Waals surface area contributed by atoms with Crippen LogP contribution in [-0.2, 0) is 4.74 Å². The third-order valence-corrected chi connectivity index (χ3v) is 1.44. The zero-order chi connectivity index (χ0) is 6.91. The molecule has 9 heavy (non-hydrogen) atoms. The minimum absolute atomic E-state index is 0.115. The lowest BCUT2D eigenvalue weighted by molar-refractivity contribution is -0.0222. The Kier molecular flexibility index (Phi) is 1.68. The summed E-state index contributed by atoms with van der Waals surface area (Å²) in [5.74, 6) is -2.67. The van der Waals surface area contributed by atoms with Gasteiger partial charge >= 0.3 is 0 Å². The number of rotatable bonds is 1. The normalized spacial score (nSPS) is 33.0. The maximum Gasteiger partial charge on any atom is 0.288 e. The molecule has 0 spiro atoms. The highest BCUT2D eigenvalue weighted by atomic mass is 19.3. The second-order valence-electron chi connectivity index (χ2n) is 2.12. The lowest BCUT2D eigenvalue weighted by Gasteiger charge is -2.14. The zero-order valence-corrected chi connectivity index (χ0v) is 5.16. The molecule has 0 aliphatic carbocycles. The van der Waals surface area contributed by atoms with Crippen LogP contribution >= 0.6 is 0 Å². The maximum atomic E-state index is 12.4. The fourth-order valence-electron chi connectivity index (χ4n) is 0.830. The summed E-state index contributed by atoms with van der Waals surface area (Å²) in [4.78, 5) is 0. The quantitative estimate of drug-likeness (QED) is 0.559. The van der Waals surface area contributed by atoms with Gasteiger partial charge in [0.15, 0.2) is 0 Å². The molecule has 0 saturated carbocycles. The van der Waals surface area contributed by atoms with E-state index in [1.54, 1.807) is 0 Å². The first kappa shape index (κ1) is 6.89. The van der Waals surface area contributed by atoms with E-state index in [2.05, 4.69) is 10.1 Å². The molecular formula is C5H9F2NO. The van der Waals surface area contributed by atoms with Gasteiger partial charge in [-0.3, -0.25) is 0 Å². The number of hydrogen-bond donors (Lipinski definition) is 1. The van der Waals surface area contributed by atoms with E-state index in [1.165, 1.54) is 7.05 Å². The summed E-state index contributed by atoms with van der Waals surface area (Å²) >= 11 is 0. The minimum Gasteiger partial charge on any atom is -0.373 e. The topological polar surface area (TPSA) is 21.3 Å². The second-order valence-corrected chi connectivity index (χ2v) is 2.12. The van der Waals surface area contributed by atoms with Gasteiger partial charge in [0.1, 0.15) is 6.61 Å². The Bertz CT molecular complexity index is 107. The lowest BCUT2D eigenvalue weighted by atomic mass is 10.2. The summed E-state index contributed by atoms with van der Waals surface area (Å²) in [5, 5.41) is 2.48. The Morgan fingerprint density at radius 2 is 2.33 bits per heavy atom. The Balaban J connectivity index is 2.52. The van der Waals surface area contributed by atoms with Crippen molar-refractivity contribution in [3.05, 3.63) is 0 Å². The number of ether oxygens (including phenoxy) is 1. The van der Waals surface area contributed by atoms with Crippen LogP contribution in [0.2, 0.25) is 0 Å². The van der Waals surface area contributed by atoms with Gasteiger partial charge in [0, 0.05) is 0 Å². The summed E-state index contributed by atoms with van der Waals surface area (Å²) in [6, 6.07) is -0.794. The summed E-state index contributed by atoms with van der Waals surface area (Å²) in [5.41, 5.74) is 0. The molecule has 0 aromatic heterocycles. The average molecular weight is 137 g/mol. The largest absolute Gasteiger partial charge is 0.373 e. The van der Waals surface area contributed by atoms with Gasteiger partial charge in [0.25, 0.3) is 5.92 Å². The van der Waals surface area contributed by atoms with Gasteiger partial charge < -0.3 is 10.1 Å². The molecule has 1 heterocycles. The van der Waals surface area contributed by atoms with E-state index >= 15 is 0 Å². The summed E-state index contributed by atoms with van der Waals surface area (Å²) in [6.45, 7) is -0.331. The molecule has 1 unspecified atom stereocenters. The number of nitrogens with one attached hydrogen (secondary N) is 1. The van der Waals surface area contributed by atoms with Gasteiger partial charge in [0.05, 0.1) is 12.6 Å². The molecule has 0 aromatic rings. The molecule has 1 aliphatic heterocycles. The molecule has 1 N–H and O–H groups in total. The summed E-state index contributed by atoms with van der Waals surface area (Å²) in [6.07, 6.45) is 0. The Labute approximate surface area is 52.2 Å². The molecule has 1 saturated heterocycles. The van der Waals surface area contributed by atoms with Crippen molar-refractivity contribution in [1.82, 2.24) is 5.32 Å². The monoisotopic (exact) mass is 137 g/mol. The van der Waals surface area contributed by atoms with Crippen molar-refractivity contribution in [2.45, 2.75) is 12.0 Å². The molecule has 0 aromatic carbocycles. The Morgan fingerprint density at radius 1 is 1.67 bits per heavy atom. The van der Waals surface area contributed by atoms with Gasteiger partial charge in [-0.25, -0.2) is 8.78 Å². The smallest absolute Gasteiger partial charge is 0.288 e. The molecule has 1 atom stereocenters. The van der Waals surface area contributed by atoms with Crippen molar-refractivity contribution in [2.24, 2.45) is 0 Å². The van der Waals surface area contributed by atoms with Crippen molar-refractivity contribution in [2.75, 3.05) is 20.3 Å². The Morgan fingerprint density at radius 3 is 2.56 bits per heavy atom. The first-order valence-corrected chi connectivity index (χ1v) is 2.79. The van der Waals surface area contributed by atoms with E-state index in [9.17, 15) is 8.78 Å². The van der Waals surface area contributed by atoms with Gasteiger partial charge in [-0.15, -0.1) is 0 Å². The summed E-state index contributed by atoms with van der Waals surface area (Å²) in [7, 11) is 1.51. The van der Waals surface area contributed by atoms with Crippen LogP contribution in [-0.4, -0.2) is 32.2 Å². The average Bonchev–Trinajstić information content (AvgIpc) is 2.08. The van der Waals surface area contributed by atoms with E-state index in [-0.39, 0.29) is 6.61 Å². The standard InChI is InChI=1S/C5H9F2NO/c1-8-4-2-9-3-5(4,6)7/h4,8H,2-3H2,1H3. The molecule has 1 aliphatic rings. The highest BCUT2D eigenvalue weighted by Crippen LogP contribution is 2.24. The molecule has 1 rings (SSSR count). The molecule has 0 amide bonds. The van der Waals surface area contributed by atoms with E-state index in [0.29, 0.717) is 0 Å². The molecule has 2 nitrogen and oxygen atoms in total. The van der Waals surface area contributed by atoms with Gasteiger partial charge in [-0.2, -0.15) is 0 Å². The predicted molar refractivity (Wildman–Crippen MR) is 28.6 cm³/mol.